The first-order valence-electron chi connectivity index (χ1n) is 12.7. The highest BCUT2D eigenvalue weighted by atomic mass is 32.1. The molecule has 0 bridgehead atoms. The monoisotopic (exact) mass is 569 g/mol. The number of carboxylic acid groups (broad SMARTS) is 1. The molecule has 0 aliphatic carbocycles. The Morgan fingerprint density at radius 3 is 2.64 bits per heavy atom. The Hall–Kier alpha value is -3.55. The fourth-order valence-electron chi connectivity index (χ4n) is 3.52. The van der Waals surface area contributed by atoms with Crippen molar-refractivity contribution >= 4 is 53.2 Å². The molecule has 1 atom stereocenters. The Labute approximate surface area is 232 Å². The van der Waals surface area contributed by atoms with Crippen molar-refractivity contribution in [3.63, 3.8) is 0 Å². The van der Waals surface area contributed by atoms with E-state index in [0.29, 0.717) is 11.4 Å². The second kappa shape index (κ2) is 11.3. The van der Waals surface area contributed by atoms with Crippen LogP contribution in [-0.2, 0) is 4.43 Å². The van der Waals surface area contributed by atoms with Crippen molar-refractivity contribution < 1.29 is 18.7 Å². The summed E-state index contributed by atoms with van der Waals surface area (Å²) in [6, 6.07) is 7.14. The first-order chi connectivity index (χ1) is 18.3. The molecule has 208 valence electrons. The molecule has 3 aromatic heterocycles. The Morgan fingerprint density at radius 2 is 1.95 bits per heavy atom. The molecule has 11 nitrogen and oxygen atoms in total. The predicted molar refractivity (Wildman–Crippen MR) is 156 cm³/mol. The molecular formula is C26H35N7O4SSi. The zero-order valence-electron chi connectivity index (χ0n) is 23.2. The molecule has 1 amide bonds. The van der Waals surface area contributed by atoms with Crippen molar-refractivity contribution in [2.45, 2.75) is 64.8 Å². The topological polar surface area (TPSA) is 147 Å². The van der Waals surface area contributed by atoms with Crippen molar-refractivity contribution in [3.8, 4) is 11.5 Å². The molecule has 0 aliphatic rings. The van der Waals surface area contributed by atoms with Crippen LogP contribution >= 0.6 is 11.3 Å². The highest BCUT2D eigenvalue weighted by Crippen LogP contribution is 2.37. The molecule has 0 radical (unpaired) electrons. The number of nitrogens with zero attached hydrogens (tertiary/aromatic N) is 4. The van der Waals surface area contributed by atoms with E-state index >= 15 is 0 Å². The van der Waals surface area contributed by atoms with E-state index < -0.39 is 20.5 Å². The van der Waals surface area contributed by atoms with Crippen LogP contribution in [0.15, 0.2) is 40.4 Å². The van der Waals surface area contributed by atoms with Crippen LogP contribution in [0.4, 0.5) is 22.0 Å². The van der Waals surface area contributed by atoms with E-state index in [-0.39, 0.29) is 29.5 Å². The fraction of sp³-hybridized carbons (Fsp3) is 0.423. The van der Waals surface area contributed by atoms with Crippen LogP contribution in [0, 0.1) is 0 Å². The zero-order chi connectivity index (χ0) is 28.4. The molecule has 39 heavy (non-hydrogen) atoms. The Balaban J connectivity index is 1.59. The summed E-state index contributed by atoms with van der Waals surface area (Å²) in [6.45, 7) is 14.7. The summed E-state index contributed by atoms with van der Waals surface area (Å²) in [5.41, 5.74) is 5.02. The standard InChI is InChI=1S/C26H35N7O4SSi/c1-15(2)29-19-11-22(30-16-8-9-18-21(10-16)38-14-28-18)27-12-17(19)23-32-33-24(37-23)20(31-25(34)35)13-36-39(6,7)26(3,4)5/h8-12,14-15,20,31H,13H2,1-7H3,(H,34,35)(H2,27,29,30). The van der Waals surface area contributed by atoms with Crippen LogP contribution in [0.2, 0.25) is 18.1 Å². The summed E-state index contributed by atoms with van der Waals surface area (Å²) in [7, 11) is -2.14. The minimum absolute atomic E-state index is 0.0357. The van der Waals surface area contributed by atoms with Crippen molar-refractivity contribution in [1.82, 2.24) is 25.5 Å². The number of fused-ring (bicyclic) bond motifs is 1. The van der Waals surface area contributed by atoms with Gasteiger partial charge in [-0.3, -0.25) is 0 Å². The molecule has 1 unspecified atom stereocenters. The Morgan fingerprint density at radius 1 is 1.18 bits per heavy atom. The van der Waals surface area contributed by atoms with Crippen molar-refractivity contribution in [3.05, 3.63) is 41.9 Å². The summed E-state index contributed by atoms with van der Waals surface area (Å²) in [4.78, 5) is 20.4. The molecule has 3 heterocycles. The predicted octanol–water partition coefficient (Wildman–Crippen LogP) is 6.64. The van der Waals surface area contributed by atoms with E-state index in [9.17, 15) is 9.90 Å². The van der Waals surface area contributed by atoms with Crippen LogP contribution in [0.25, 0.3) is 21.7 Å². The SMILES string of the molecule is CC(C)Nc1cc(Nc2ccc3ncsc3c2)ncc1-c1nnc(C(CO[Si](C)(C)C(C)(C)C)NC(=O)O)o1. The number of pyridine rings is 1. The molecule has 4 rings (SSSR count). The minimum Gasteiger partial charge on any atom is -0.465 e. The first kappa shape index (κ1) is 28.5. The number of rotatable bonds is 10. The Kier molecular flexibility index (Phi) is 8.23. The molecule has 4 aromatic rings. The van der Waals surface area contributed by atoms with Crippen LogP contribution < -0.4 is 16.0 Å². The van der Waals surface area contributed by atoms with Crippen LogP contribution in [-0.4, -0.2) is 52.3 Å². The number of anilines is 3. The van der Waals surface area contributed by atoms with Gasteiger partial charge in [0.05, 0.1) is 33.6 Å². The van der Waals surface area contributed by atoms with Gasteiger partial charge in [-0.2, -0.15) is 0 Å². The van der Waals surface area contributed by atoms with Crippen LogP contribution in [0.5, 0.6) is 0 Å². The van der Waals surface area contributed by atoms with Crippen LogP contribution in [0.3, 0.4) is 0 Å². The van der Waals surface area contributed by atoms with Gasteiger partial charge in [0, 0.05) is 24.0 Å². The lowest BCUT2D eigenvalue weighted by molar-refractivity contribution is 0.172. The van der Waals surface area contributed by atoms with E-state index in [2.05, 4.69) is 70.0 Å². The third-order valence-electron chi connectivity index (χ3n) is 6.64. The molecule has 4 N–H and O–H groups in total. The minimum atomic E-state index is -2.14. The number of hydrogen-bond acceptors (Lipinski definition) is 10. The second-order valence-corrected chi connectivity index (χ2v) is 16.8. The van der Waals surface area contributed by atoms with E-state index in [0.717, 1.165) is 21.6 Å². The van der Waals surface area contributed by atoms with Gasteiger partial charge >= 0.3 is 6.09 Å². The van der Waals surface area contributed by atoms with Gasteiger partial charge in [0.2, 0.25) is 5.89 Å². The van der Waals surface area contributed by atoms with E-state index in [1.165, 1.54) is 0 Å². The smallest absolute Gasteiger partial charge is 0.405 e. The number of thiazole rings is 1. The summed E-state index contributed by atoms with van der Waals surface area (Å²) < 4.78 is 13.3. The van der Waals surface area contributed by atoms with Gasteiger partial charge in [0.1, 0.15) is 11.9 Å². The lowest BCUT2D eigenvalue weighted by atomic mass is 10.2. The number of amides is 1. The fourth-order valence-corrected chi connectivity index (χ4v) is 5.25. The largest absolute Gasteiger partial charge is 0.465 e. The molecule has 0 fully saturated rings. The van der Waals surface area contributed by atoms with Gasteiger partial charge in [0.15, 0.2) is 8.32 Å². The van der Waals surface area contributed by atoms with E-state index in [4.69, 9.17) is 8.84 Å². The quantitative estimate of drug-likeness (QED) is 0.153. The zero-order valence-corrected chi connectivity index (χ0v) is 25.0. The number of nitrogens with one attached hydrogen (secondary N) is 3. The lowest BCUT2D eigenvalue weighted by Crippen LogP contribution is -2.43. The van der Waals surface area contributed by atoms with E-state index in [1.807, 2.05) is 43.6 Å². The van der Waals surface area contributed by atoms with Gasteiger partial charge in [-0.15, -0.1) is 21.5 Å². The van der Waals surface area contributed by atoms with Gasteiger partial charge in [-0.25, -0.2) is 14.8 Å². The van der Waals surface area contributed by atoms with Crippen molar-refractivity contribution in [2.24, 2.45) is 0 Å². The molecule has 1 aromatic carbocycles. The van der Waals surface area contributed by atoms with E-state index in [1.54, 1.807) is 17.5 Å². The Bertz CT molecular complexity index is 1450. The number of carbonyl (C=O) groups is 1. The summed E-state index contributed by atoms with van der Waals surface area (Å²) in [5, 5.41) is 27.0. The normalized spacial score (nSPS) is 13.0. The van der Waals surface area contributed by atoms with Crippen LogP contribution in [0.1, 0.15) is 46.6 Å². The molecular weight excluding hydrogens is 534 g/mol. The third kappa shape index (κ3) is 6.91. The average molecular weight is 570 g/mol. The highest BCUT2D eigenvalue weighted by Gasteiger charge is 2.38. The van der Waals surface area contributed by atoms with Crippen molar-refractivity contribution in [2.75, 3.05) is 17.2 Å². The summed E-state index contributed by atoms with van der Waals surface area (Å²) in [6.07, 6.45) is 0.454. The lowest BCUT2D eigenvalue weighted by Gasteiger charge is -2.36. The average Bonchev–Trinajstić information content (AvgIpc) is 3.50. The van der Waals surface area contributed by atoms with Gasteiger partial charge in [-0.05, 0) is 50.2 Å². The first-order valence-corrected chi connectivity index (χ1v) is 16.5. The second-order valence-electron chi connectivity index (χ2n) is 11.1. The third-order valence-corrected chi connectivity index (χ3v) is 11.9. The molecule has 0 saturated carbocycles. The number of benzene rings is 1. The highest BCUT2D eigenvalue weighted by molar-refractivity contribution is 7.16. The summed E-state index contributed by atoms with van der Waals surface area (Å²) in [5.74, 6) is 0.989. The number of aromatic nitrogens is 4. The number of hydrogen-bond donors (Lipinski definition) is 4. The van der Waals surface area contributed by atoms with Gasteiger partial charge in [0.25, 0.3) is 5.89 Å². The molecule has 13 heteroatoms. The van der Waals surface area contributed by atoms with Crippen molar-refractivity contribution in [1.29, 1.82) is 0 Å². The molecule has 0 spiro atoms. The molecule has 0 saturated heterocycles. The van der Waals surface area contributed by atoms with Gasteiger partial charge in [-0.1, -0.05) is 20.8 Å². The van der Waals surface area contributed by atoms with Gasteiger partial charge < -0.3 is 29.9 Å². The maximum atomic E-state index is 11.5. The maximum Gasteiger partial charge on any atom is 0.405 e. The summed E-state index contributed by atoms with van der Waals surface area (Å²) >= 11 is 1.58. The maximum absolute atomic E-state index is 11.5. The molecule has 0 aliphatic heterocycles.